The van der Waals surface area contributed by atoms with Crippen LogP contribution >= 0.6 is 0 Å². The van der Waals surface area contributed by atoms with Crippen molar-refractivity contribution in [3.8, 4) is 28.8 Å². The average Bonchev–Trinajstić information content (AvgIpc) is 3.42. The Balaban J connectivity index is 1.32. The number of methoxy groups -OCH3 is 2. The van der Waals surface area contributed by atoms with Gasteiger partial charge in [-0.05, 0) is 30.3 Å². The molecule has 0 saturated carbocycles. The smallest absolute Gasteiger partial charge is 0.433 e. The first-order chi connectivity index (χ1) is 20.7. The lowest BCUT2D eigenvalue weighted by atomic mass is 10.2. The van der Waals surface area contributed by atoms with Crippen molar-refractivity contribution >= 4 is 28.4 Å². The van der Waals surface area contributed by atoms with E-state index in [1.807, 2.05) is 0 Å². The van der Waals surface area contributed by atoms with E-state index in [0.29, 0.717) is 47.1 Å². The fraction of sp³-hybridized carbons (Fsp3) is 0.172. The minimum atomic E-state index is -4.70. The first kappa shape index (κ1) is 29.1. The Morgan fingerprint density at radius 1 is 0.907 bits per heavy atom. The number of anilines is 2. The number of urea groups is 1. The molecule has 2 N–H and O–H groups in total. The summed E-state index contributed by atoms with van der Waals surface area (Å²) in [6.07, 6.45) is -3.36. The van der Waals surface area contributed by atoms with Gasteiger partial charge in [-0.15, -0.1) is 5.10 Å². The normalized spacial score (nSPS) is 11.3. The average molecular weight is 595 g/mol. The lowest BCUT2D eigenvalue weighted by molar-refractivity contribution is -0.142. The van der Waals surface area contributed by atoms with Crippen molar-refractivity contribution in [3.63, 3.8) is 0 Å². The lowest BCUT2D eigenvalue weighted by Crippen LogP contribution is -2.19. The van der Waals surface area contributed by atoms with Gasteiger partial charge in [0.2, 0.25) is 5.88 Å². The molecule has 0 aliphatic heterocycles. The maximum atomic E-state index is 13.6. The Kier molecular flexibility index (Phi) is 8.57. The molecule has 0 unspecified atom stereocenters. The van der Waals surface area contributed by atoms with E-state index < -0.39 is 17.9 Å². The molecule has 2 aromatic heterocycles. The van der Waals surface area contributed by atoms with E-state index >= 15 is 0 Å². The van der Waals surface area contributed by atoms with Gasteiger partial charge in [-0.3, -0.25) is 5.32 Å². The van der Waals surface area contributed by atoms with Crippen molar-refractivity contribution in [2.24, 2.45) is 0 Å². The maximum absolute atomic E-state index is 13.6. The second-order valence-corrected chi connectivity index (χ2v) is 8.91. The molecule has 43 heavy (non-hydrogen) atoms. The summed E-state index contributed by atoms with van der Waals surface area (Å²) in [5.74, 6) is 1.18. The number of alkyl halides is 3. The van der Waals surface area contributed by atoms with E-state index in [-0.39, 0.29) is 17.4 Å². The third-order valence-corrected chi connectivity index (χ3v) is 5.98. The lowest BCUT2D eigenvalue weighted by Gasteiger charge is -2.13. The zero-order valence-corrected chi connectivity index (χ0v) is 22.9. The molecule has 0 aliphatic carbocycles. The quantitative estimate of drug-likeness (QED) is 0.181. The summed E-state index contributed by atoms with van der Waals surface area (Å²) in [5, 5.41) is 9.39. The minimum absolute atomic E-state index is 0.192. The van der Waals surface area contributed by atoms with Gasteiger partial charge < -0.3 is 24.3 Å². The standard InChI is InChI=1S/C29H25F3N6O5/c1-40-11-12-42-24-15-22-21(14-23(24)41-2)27(34-17-33-22)43-20-10-6-7-18(13-20)35-28(39)36-26-16-25(29(30,31)32)38(37-26)19-8-4-3-5-9-19/h3-10,13-17H,11-12H2,1-2H3,(H2,35,36,37,39). The molecule has 0 radical (unpaired) electrons. The maximum Gasteiger partial charge on any atom is 0.433 e. The highest BCUT2D eigenvalue weighted by Crippen LogP contribution is 2.36. The van der Waals surface area contributed by atoms with Gasteiger partial charge >= 0.3 is 12.2 Å². The van der Waals surface area contributed by atoms with E-state index in [4.69, 9.17) is 18.9 Å². The number of fused-ring (bicyclic) bond motifs is 1. The Morgan fingerprint density at radius 3 is 2.47 bits per heavy atom. The molecule has 3 aromatic carbocycles. The number of carbonyl (C=O) groups is 1. The molecule has 0 aliphatic rings. The van der Waals surface area contributed by atoms with Crippen LogP contribution in [0.3, 0.4) is 0 Å². The van der Waals surface area contributed by atoms with Crippen molar-refractivity contribution in [2.45, 2.75) is 6.18 Å². The highest BCUT2D eigenvalue weighted by atomic mass is 19.4. The van der Waals surface area contributed by atoms with Crippen LogP contribution < -0.4 is 24.8 Å². The molecule has 0 saturated heterocycles. The Morgan fingerprint density at radius 2 is 1.72 bits per heavy atom. The van der Waals surface area contributed by atoms with Crippen LogP contribution in [-0.2, 0) is 10.9 Å². The number of rotatable bonds is 10. The number of para-hydroxylation sites is 1. The van der Waals surface area contributed by atoms with Gasteiger partial charge in [-0.2, -0.15) is 13.2 Å². The fourth-order valence-corrected chi connectivity index (χ4v) is 4.07. The predicted molar refractivity (Wildman–Crippen MR) is 151 cm³/mol. The first-order valence-corrected chi connectivity index (χ1v) is 12.8. The third-order valence-electron chi connectivity index (χ3n) is 5.98. The number of carbonyl (C=O) groups excluding carboxylic acids is 1. The number of aromatic nitrogens is 4. The number of hydrogen-bond acceptors (Lipinski definition) is 8. The van der Waals surface area contributed by atoms with E-state index in [1.165, 1.54) is 31.6 Å². The van der Waals surface area contributed by atoms with Crippen LogP contribution in [0.4, 0.5) is 29.5 Å². The summed E-state index contributed by atoms with van der Waals surface area (Å²) in [4.78, 5) is 21.2. The van der Waals surface area contributed by atoms with E-state index in [2.05, 4.69) is 25.7 Å². The van der Waals surface area contributed by atoms with Crippen LogP contribution in [0.25, 0.3) is 16.6 Å². The first-order valence-electron chi connectivity index (χ1n) is 12.8. The molecular formula is C29H25F3N6O5. The molecule has 5 rings (SSSR count). The fourth-order valence-electron chi connectivity index (χ4n) is 4.07. The summed E-state index contributed by atoms with van der Waals surface area (Å²) < 4.78 is 63.9. The Labute approximate surface area is 243 Å². The van der Waals surface area contributed by atoms with Crippen molar-refractivity contribution in [1.82, 2.24) is 19.7 Å². The zero-order chi connectivity index (χ0) is 30.4. The highest BCUT2D eigenvalue weighted by Gasteiger charge is 2.36. The van der Waals surface area contributed by atoms with Crippen molar-refractivity contribution < 1.29 is 36.9 Å². The zero-order valence-electron chi connectivity index (χ0n) is 22.9. The molecule has 0 fully saturated rings. The monoisotopic (exact) mass is 594 g/mol. The summed E-state index contributed by atoms with van der Waals surface area (Å²) in [7, 11) is 3.08. The topological polar surface area (TPSA) is 122 Å². The molecule has 14 heteroatoms. The van der Waals surface area contributed by atoms with Crippen molar-refractivity contribution in [3.05, 3.63) is 84.8 Å². The molecular weight excluding hydrogens is 569 g/mol. The number of amides is 2. The van der Waals surface area contributed by atoms with Crippen LogP contribution in [0.1, 0.15) is 5.69 Å². The number of halogens is 3. The van der Waals surface area contributed by atoms with Gasteiger partial charge in [-0.1, -0.05) is 24.3 Å². The molecule has 2 heterocycles. The molecule has 2 amide bonds. The number of benzene rings is 3. The second-order valence-electron chi connectivity index (χ2n) is 8.91. The second kappa shape index (κ2) is 12.7. The molecule has 11 nitrogen and oxygen atoms in total. The molecule has 222 valence electrons. The summed E-state index contributed by atoms with van der Waals surface area (Å²) >= 11 is 0. The Bertz CT molecular complexity index is 1730. The number of nitrogens with zero attached hydrogens (tertiary/aromatic N) is 4. The van der Waals surface area contributed by atoms with E-state index in [1.54, 1.807) is 55.6 Å². The number of hydrogen-bond donors (Lipinski definition) is 2. The SMILES string of the molecule is COCCOc1cc2ncnc(Oc3cccc(NC(=O)Nc4cc(C(F)(F)F)n(-c5ccccc5)n4)c3)c2cc1OC. The van der Waals surface area contributed by atoms with Crippen molar-refractivity contribution in [2.75, 3.05) is 38.1 Å². The van der Waals surface area contributed by atoms with Gasteiger partial charge in [0.25, 0.3) is 0 Å². The minimum Gasteiger partial charge on any atom is -0.493 e. The molecule has 0 bridgehead atoms. The van der Waals surface area contributed by atoms with Crippen LogP contribution in [0.2, 0.25) is 0 Å². The van der Waals surface area contributed by atoms with Gasteiger partial charge in [0, 0.05) is 31.0 Å². The third kappa shape index (κ3) is 6.93. The van der Waals surface area contributed by atoms with Gasteiger partial charge in [0.15, 0.2) is 17.3 Å². The number of nitrogens with one attached hydrogen (secondary N) is 2. The van der Waals surface area contributed by atoms with Crippen LogP contribution in [-0.4, -0.2) is 53.2 Å². The van der Waals surface area contributed by atoms with Gasteiger partial charge in [-0.25, -0.2) is 19.4 Å². The van der Waals surface area contributed by atoms with Gasteiger partial charge in [0.1, 0.15) is 24.4 Å². The number of ether oxygens (including phenoxy) is 4. The van der Waals surface area contributed by atoms with Crippen LogP contribution in [0.5, 0.6) is 23.1 Å². The van der Waals surface area contributed by atoms with Crippen LogP contribution in [0, 0.1) is 0 Å². The summed E-state index contributed by atoms with van der Waals surface area (Å²) in [6.45, 7) is 0.714. The van der Waals surface area contributed by atoms with Crippen molar-refractivity contribution in [1.29, 1.82) is 0 Å². The van der Waals surface area contributed by atoms with E-state index in [9.17, 15) is 18.0 Å². The molecule has 5 aromatic rings. The Hall–Kier alpha value is -5.37. The van der Waals surface area contributed by atoms with E-state index in [0.717, 1.165) is 10.7 Å². The largest absolute Gasteiger partial charge is 0.493 e. The molecule has 0 atom stereocenters. The van der Waals surface area contributed by atoms with Crippen LogP contribution in [0.15, 0.2) is 79.1 Å². The predicted octanol–water partition coefficient (Wildman–Crippen LogP) is 6.30. The summed E-state index contributed by atoms with van der Waals surface area (Å²) in [5.41, 5.74) is 0.00274. The summed E-state index contributed by atoms with van der Waals surface area (Å²) in [6, 6.07) is 17.5. The highest BCUT2D eigenvalue weighted by molar-refractivity contribution is 5.99. The molecule has 0 spiro atoms. The van der Waals surface area contributed by atoms with Gasteiger partial charge in [0.05, 0.1) is 30.3 Å².